The number of nitrogens with zero attached hydrogens (tertiary/aromatic N) is 1. The van der Waals surface area contributed by atoms with Gasteiger partial charge in [0.1, 0.15) is 13.1 Å². The minimum Gasteiger partial charge on any atom is -0.493 e. The van der Waals surface area contributed by atoms with Crippen molar-refractivity contribution in [1.82, 2.24) is 0 Å². The lowest BCUT2D eigenvalue weighted by Crippen LogP contribution is -2.25. The van der Waals surface area contributed by atoms with E-state index in [1.165, 1.54) is 12.1 Å². The fraction of sp³-hybridized carbons (Fsp3) is 0.409. The maximum Gasteiger partial charge on any atom is 0.171 e. The Labute approximate surface area is 179 Å². The fourth-order valence-corrected chi connectivity index (χ4v) is 3.52. The first-order valence-corrected chi connectivity index (χ1v) is 9.39. The molecule has 5 nitrogen and oxygen atoms in total. The second-order valence-corrected chi connectivity index (χ2v) is 6.80. The molecule has 0 bridgehead atoms. The van der Waals surface area contributed by atoms with Gasteiger partial charge in [0.15, 0.2) is 29.2 Å². The molecular formula is C22H27ClNO4+. The number of ether oxygens (including phenoxy) is 4. The highest BCUT2D eigenvalue weighted by Gasteiger charge is 2.20. The summed E-state index contributed by atoms with van der Waals surface area (Å²) in [6.45, 7) is 3.82. The molecule has 0 radical (unpaired) electrons. The lowest BCUT2D eigenvalue weighted by atomic mass is 10.0. The van der Waals surface area contributed by atoms with E-state index >= 15 is 0 Å². The van der Waals surface area contributed by atoms with Gasteiger partial charge in [0, 0.05) is 29.5 Å². The van der Waals surface area contributed by atoms with Gasteiger partial charge >= 0.3 is 0 Å². The van der Waals surface area contributed by atoms with Crippen molar-refractivity contribution >= 4 is 17.8 Å². The van der Waals surface area contributed by atoms with Crippen LogP contribution < -0.4 is 18.9 Å². The van der Waals surface area contributed by atoms with Crippen LogP contribution in [-0.4, -0.2) is 51.7 Å². The quantitative estimate of drug-likeness (QED) is 0.617. The van der Waals surface area contributed by atoms with Crippen molar-refractivity contribution < 1.29 is 31.7 Å². The smallest absolute Gasteiger partial charge is 0.171 e. The highest BCUT2D eigenvalue weighted by Crippen LogP contribution is 2.34. The predicted molar refractivity (Wildman–Crippen MR) is 111 cm³/mol. The molecule has 0 N–H and O–H groups in total. The molecule has 150 valence electrons. The van der Waals surface area contributed by atoms with Crippen molar-refractivity contribution in [3.8, 4) is 23.0 Å². The van der Waals surface area contributed by atoms with Crippen LogP contribution >= 0.6 is 11.6 Å². The summed E-state index contributed by atoms with van der Waals surface area (Å²) in [5.74, 6) is 0.939. The highest BCUT2D eigenvalue weighted by molar-refractivity contribution is 6.31. The predicted octanol–water partition coefficient (Wildman–Crippen LogP) is 3.99. The summed E-state index contributed by atoms with van der Waals surface area (Å²) in [7, 11) is -3.94. The summed E-state index contributed by atoms with van der Waals surface area (Å²) in [5, 5.41) is 0.262. The Morgan fingerprint density at radius 1 is 1.04 bits per heavy atom. The topological polar surface area (TPSA) is 39.9 Å². The van der Waals surface area contributed by atoms with E-state index in [2.05, 4.69) is 4.58 Å². The van der Waals surface area contributed by atoms with Gasteiger partial charge < -0.3 is 18.9 Å². The molecule has 0 aliphatic carbocycles. The van der Waals surface area contributed by atoms with Crippen LogP contribution in [0.15, 0.2) is 24.3 Å². The highest BCUT2D eigenvalue weighted by atomic mass is 35.5. The zero-order valence-corrected chi connectivity index (χ0v) is 16.6. The van der Waals surface area contributed by atoms with Gasteiger partial charge in [0.25, 0.3) is 0 Å². The molecule has 0 saturated heterocycles. The summed E-state index contributed by atoms with van der Waals surface area (Å²) in [4.78, 5) is 0. The van der Waals surface area contributed by atoms with E-state index in [9.17, 15) is 0 Å². The summed E-state index contributed by atoms with van der Waals surface area (Å²) in [5.41, 5.74) is 2.81. The van der Waals surface area contributed by atoms with Gasteiger partial charge in [-0.2, -0.15) is 0 Å². The normalized spacial score (nSPS) is 16.9. The van der Waals surface area contributed by atoms with Crippen molar-refractivity contribution in [1.29, 1.82) is 0 Å². The number of fused-ring (bicyclic) bond motifs is 1. The minimum absolute atomic E-state index is 0.197. The third-order valence-corrected chi connectivity index (χ3v) is 5.07. The SMILES string of the molecule is [2H]C([2H])([2H])Oc1cc(Cl)c(CC[N+]2=Cc3cc(OCC)c(OC)cc3CC2)cc1OC([2H])([2H])[2H]. The van der Waals surface area contributed by atoms with Gasteiger partial charge in [0.05, 0.1) is 36.0 Å². The standard InChI is InChI=1S/C22H27ClNO4/c1-5-28-22-12-17-14-24(8-6-15(17)10-20(22)26-3)9-7-16-11-19(25-2)21(27-4)13-18(16)23/h10-14H,5-9H2,1-4H3/q+1/i2D3,4D3. The molecule has 0 atom stereocenters. The van der Waals surface area contributed by atoms with Gasteiger partial charge in [-0.15, -0.1) is 0 Å². The second kappa shape index (κ2) is 9.20. The number of rotatable bonds is 8. The molecule has 1 heterocycles. The Balaban J connectivity index is 1.83. The van der Waals surface area contributed by atoms with Crippen LogP contribution in [0.2, 0.25) is 5.02 Å². The van der Waals surface area contributed by atoms with E-state index in [1.54, 1.807) is 7.11 Å². The monoisotopic (exact) mass is 410 g/mol. The van der Waals surface area contributed by atoms with Gasteiger partial charge in [-0.25, -0.2) is 4.58 Å². The molecule has 3 rings (SSSR count). The maximum absolute atomic E-state index is 7.38. The molecule has 0 spiro atoms. The summed E-state index contributed by atoms with van der Waals surface area (Å²) in [6, 6.07) is 6.65. The average molecular weight is 411 g/mol. The first-order valence-electron chi connectivity index (χ1n) is 12.0. The molecule has 2 aromatic carbocycles. The Hall–Kier alpha value is -2.40. The third-order valence-electron chi connectivity index (χ3n) is 4.72. The number of hydrogen-bond donors (Lipinski definition) is 0. The first-order chi connectivity index (χ1) is 15.9. The van der Waals surface area contributed by atoms with Crippen molar-refractivity contribution in [2.75, 3.05) is 40.9 Å². The molecule has 1 aliphatic rings. The van der Waals surface area contributed by atoms with Crippen LogP contribution in [0.1, 0.15) is 31.8 Å². The van der Waals surface area contributed by atoms with E-state index in [4.69, 9.17) is 38.8 Å². The summed E-state index contributed by atoms with van der Waals surface area (Å²) in [6.07, 6.45) is 3.34. The Bertz CT molecular complexity index is 1070. The van der Waals surface area contributed by atoms with E-state index in [0.717, 1.165) is 24.1 Å². The molecule has 0 fully saturated rings. The largest absolute Gasteiger partial charge is 0.493 e. The van der Waals surface area contributed by atoms with Crippen molar-refractivity contribution in [2.24, 2.45) is 0 Å². The molecule has 6 heteroatoms. The molecule has 0 amide bonds. The van der Waals surface area contributed by atoms with Gasteiger partial charge in [0.2, 0.25) is 0 Å². The molecule has 0 saturated carbocycles. The van der Waals surface area contributed by atoms with Crippen LogP contribution in [-0.2, 0) is 12.8 Å². The zero-order valence-electron chi connectivity index (χ0n) is 21.9. The Kier molecular flexibility index (Phi) is 4.51. The van der Waals surface area contributed by atoms with Crippen molar-refractivity contribution in [3.63, 3.8) is 0 Å². The molecular weight excluding hydrogens is 378 g/mol. The van der Waals surface area contributed by atoms with E-state index < -0.39 is 14.1 Å². The number of methoxy groups -OCH3 is 3. The van der Waals surface area contributed by atoms with Crippen molar-refractivity contribution in [2.45, 2.75) is 19.8 Å². The molecule has 0 aromatic heterocycles. The molecule has 28 heavy (non-hydrogen) atoms. The van der Waals surface area contributed by atoms with Crippen LogP contribution in [0.3, 0.4) is 0 Å². The van der Waals surface area contributed by atoms with E-state index in [1.807, 2.05) is 25.3 Å². The minimum atomic E-state index is -2.78. The van der Waals surface area contributed by atoms with Crippen LogP contribution in [0.4, 0.5) is 0 Å². The second-order valence-electron chi connectivity index (χ2n) is 6.39. The van der Waals surface area contributed by atoms with Crippen LogP contribution in [0, 0.1) is 0 Å². The first kappa shape index (κ1) is 13.7. The van der Waals surface area contributed by atoms with Gasteiger partial charge in [-0.1, -0.05) is 11.6 Å². The Morgan fingerprint density at radius 3 is 2.50 bits per heavy atom. The number of halogens is 1. The van der Waals surface area contributed by atoms with Crippen molar-refractivity contribution in [3.05, 3.63) is 46.0 Å². The summed E-state index contributed by atoms with van der Waals surface area (Å²) < 4.78 is 67.2. The molecule has 0 unspecified atom stereocenters. The fourth-order valence-electron chi connectivity index (χ4n) is 3.28. The number of benzene rings is 2. The van der Waals surface area contributed by atoms with E-state index in [0.29, 0.717) is 36.6 Å². The average Bonchev–Trinajstić information content (AvgIpc) is 2.72. The third kappa shape index (κ3) is 4.36. The maximum atomic E-state index is 7.38. The molecule has 1 aliphatic heterocycles. The van der Waals surface area contributed by atoms with E-state index in [-0.39, 0.29) is 16.5 Å². The lowest BCUT2D eigenvalue weighted by molar-refractivity contribution is -0.523. The van der Waals surface area contributed by atoms with Gasteiger partial charge in [-0.3, -0.25) is 0 Å². The summed E-state index contributed by atoms with van der Waals surface area (Å²) >= 11 is 6.37. The molecule has 2 aromatic rings. The number of hydrogen-bond acceptors (Lipinski definition) is 4. The Morgan fingerprint density at radius 2 is 1.79 bits per heavy atom. The lowest BCUT2D eigenvalue weighted by Gasteiger charge is -2.17. The van der Waals surface area contributed by atoms with Crippen LogP contribution in [0.5, 0.6) is 23.0 Å². The van der Waals surface area contributed by atoms with Crippen LogP contribution in [0.25, 0.3) is 0 Å². The van der Waals surface area contributed by atoms with Gasteiger partial charge in [-0.05, 0) is 36.2 Å². The zero-order chi connectivity index (χ0) is 25.1.